The number of fused-ring (bicyclic) bond motifs is 1. The van der Waals surface area contributed by atoms with Crippen LogP contribution in [0.25, 0.3) is 0 Å². The molecule has 0 aliphatic carbocycles. The van der Waals surface area contributed by atoms with Gasteiger partial charge in [-0.05, 0) is 37.5 Å². The number of nitrogens with one attached hydrogen (secondary N) is 1. The van der Waals surface area contributed by atoms with Gasteiger partial charge in [-0.15, -0.1) is 5.10 Å². The minimum Gasteiger partial charge on any atom is -0.350 e. The zero-order valence-corrected chi connectivity index (χ0v) is 18.6. The van der Waals surface area contributed by atoms with E-state index in [1.807, 2.05) is 57.2 Å². The first-order chi connectivity index (χ1) is 15.3. The normalized spacial score (nSPS) is 13.2. The molecule has 0 saturated carbocycles. The highest BCUT2D eigenvalue weighted by Crippen LogP contribution is 2.17. The van der Waals surface area contributed by atoms with E-state index in [4.69, 9.17) is 0 Å². The Labute approximate surface area is 186 Å². The Kier molecular flexibility index (Phi) is 5.94. The van der Waals surface area contributed by atoms with Crippen molar-refractivity contribution in [3.63, 3.8) is 0 Å². The molecule has 1 aliphatic heterocycles. The maximum Gasteiger partial charge on any atom is 0.346 e. The van der Waals surface area contributed by atoms with E-state index < -0.39 is 5.69 Å². The quantitative estimate of drug-likeness (QED) is 0.643. The minimum atomic E-state index is -0.440. The number of aromatic nitrogens is 3. The molecule has 0 atom stereocenters. The number of carbonyl (C=O) groups is 2. The zero-order chi connectivity index (χ0) is 22.8. The molecule has 0 bridgehead atoms. The smallest absolute Gasteiger partial charge is 0.346 e. The predicted octanol–water partition coefficient (Wildman–Crippen LogP) is 1.94. The Hall–Kier alpha value is -3.68. The van der Waals surface area contributed by atoms with Crippen LogP contribution in [0.4, 0.5) is 0 Å². The van der Waals surface area contributed by atoms with Crippen molar-refractivity contribution >= 4 is 11.8 Å². The molecule has 0 saturated heterocycles. The first-order valence-corrected chi connectivity index (χ1v) is 10.7. The Morgan fingerprint density at radius 2 is 1.72 bits per heavy atom. The van der Waals surface area contributed by atoms with Crippen molar-refractivity contribution in [2.24, 2.45) is 0 Å². The van der Waals surface area contributed by atoms with Crippen molar-refractivity contribution < 1.29 is 9.59 Å². The summed E-state index contributed by atoms with van der Waals surface area (Å²) in [4.78, 5) is 39.7. The number of aryl methyl sites for hydroxylation is 3. The third-order valence-electron chi connectivity index (χ3n) is 5.76. The van der Waals surface area contributed by atoms with Gasteiger partial charge in [0.25, 0.3) is 5.91 Å². The van der Waals surface area contributed by atoms with Crippen LogP contribution in [0.3, 0.4) is 0 Å². The fourth-order valence-corrected chi connectivity index (χ4v) is 3.79. The molecule has 1 aromatic heterocycles. The van der Waals surface area contributed by atoms with Crippen LogP contribution in [0.1, 0.15) is 38.4 Å². The van der Waals surface area contributed by atoms with E-state index in [1.165, 1.54) is 4.57 Å². The van der Waals surface area contributed by atoms with Crippen LogP contribution < -0.4 is 11.0 Å². The number of nitrogens with zero attached hydrogens (tertiary/aromatic N) is 4. The second-order valence-electron chi connectivity index (χ2n) is 8.33. The molecule has 0 spiro atoms. The van der Waals surface area contributed by atoms with Crippen molar-refractivity contribution in [3.05, 3.63) is 86.6 Å². The van der Waals surface area contributed by atoms with Crippen LogP contribution in [0.5, 0.6) is 0 Å². The molecular weight excluding hydrogens is 406 g/mol. The molecule has 0 radical (unpaired) electrons. The highest BCUT2D eigenvalue weighted by atomic mass is 16.2. The third-order valence-corrected chi connectivity index (χ3v) is 5.76. The van der Waals surface area contributed by atoms with Gasteiger partial charge in [0, 0.05) is 26.2 Å². The lowest BCUT2D eigenvalue weighted by atomic mass is 10.0. The molecule has 2 heterocycles. The Bertz CT molecular complexity index is 1220. The lowest BCUT2D eigenvalue weighted by Crippen LogP contribution is -2.42. The van der Waals surface area contributed by atoms with Gasteiger partial charge in [-0.25, -0.2) is 9.48 Å². The highest BCUT2D eigenvalue weighted by molar-refractivity contribution is 5.91. The number of amides is 2. The Morgan fingerprint density at radius 1 is 1.00 bits per heavy atom. The Morgan fingerprint density at radius 3 is 2.47 bits per heavy atom. The van der Waals surface area contributed by atoms with Crippen molar-refractivity contribution in [1.29, 1.82) is 0 Å². The second-order valence-corrected chi connectivity index (χ2v) is 8.33. The number of carbonyl (C=O) groups excluding carboxylic acids is 2. The fraction of sp³-hybridized carbons (Fsp3) is 0.333. The van der Waals surface area contributed by atoms with Gasteiger partial charge in [-0.1, -0.05) is 53.6 Å². The summed E-state index contributed by atoms with van der Waals surface area (Å²) >= 11 is 0. The first-order valence-electron chi connectivity index (χ1n) is 10.7. The van der Waals surface area contributed by atoms with Crippen LogP contribution in [0.2, 0.25) is 0 Å². The molecule has 32 heavy (non-hydrogen) atoms. The van der Waals surface area contributed by atoms with E-state index in [1.54, 1.807) is 4.90 Å². The standard InChI is InChI=1S/C24H27N5O3/c1-16-5-8-19(9-6-16)13-25-21(30)15-29-24(32)28-11-10-27(23(31)22(28)26-29)14-20-12-17(2)4-7-18(20)3/h4-9,12H,10-11,13-15H2,1-3H3,(H,25,30). The average molecular weight is 434 g/mol. The van der Waals surface area contributed by atoms with E-state index in [9.17, 15) is 14.4 Å². The van der Waals surface area contributed by atoms with Crippen molar-refractivity contribution in [2.75, 3.05) is 6.54 Å². The van der Waals surface area contributed by atoms with Gasteiger partial charge in [0.05, 0.1) is 0 Å². The van der Waals surface area contributed by atoms with Crippen LogP contribution >= 0.6 is 0 Å². The van der Waals surface area contributed by atoms with E-state index in [0.29, 0.717) is 26.2 Å². The molecule has 4 rings (SSSR count). The van der Waals surface area contributed by atoms with Gasteiger partial charge >= 0.3 is 5.69 Å². The monoisotopic (exact) mass is 433 g/mol. The number of rotatable bonds is 6. The van der Waals surface area contributed by atoms with Crippen molar-refractivity contribution in [2.45, 2.75) is 47.0 Å². The van der Waals surface area contributed by atoms with Crippen LogP contribution in [-0.2, 0) is 31.0 Å². The molecule has 1 N–H and O–H groups in total. The van der Waals surface area contributed by atoms with Crippen LogP contribution in [0, 0.1) is 20.8 Å². The van der Waals surface area contributed by atoms with Crippen molar-refractivity contribution in [3.8, 4) is 0 Å². The Balaban J connectivity index is 1.44. The lowest BCUT2D eigenvalue weighted by Gasteiger charge is -2.27. The van der Waals surface area contributed by atoms with Gasteiger partial charge in [0.2, 0.25) is 11.7 Å². The first kappa shape index (κ1) is 21.5. The largest absolute Gasteiger partial charge is 0.350 e. The van der Waals surface area contributed by atoms with Crippen LogP contribution in [0.15, 0.2) is 47.3 Å². The van der Waals surface area contributed by atoms with Gasteiger partial charge in [0.1, 0.15) is 6.54 Å². The predicted molar refractivity (Wildman–Crippen MR) is 120 cm³/mol. The maximum absolute atomic E-state index is 13.0. The SMILES string of the molecule is Cc1ccc(CNC(=O)Cn2nc3n(c2=O)CCN(Cc2cc(C)ccc2C)C3=O)cc1. The summed E-state index contributed by atoms with van der Waals surface area (Å²) in [5.41, 5.74) is 4.99. The molecule has 1 aliphatic rings. The van der Waals surface area contributed by atoms with E-state index in [2.05, 4.69) is 16.5 Å². The molecule has 3 aromatic rings. The van der Waals surface area contributed by atoms with Crippen LogP contribution in [-0.4, -0.2) is 37.6 Å². The molecule has 0 unspecified atom stereocenters. The topological polar surface area (TPSA) is 89.2 Å². The zero-order valence-electron chi connectivity index (χ0n) is 18.6. The highest BCUT2D eigenvalue weighted by Gasteiger charge is 2.30. The lowest BCUT2D eigenvalue weighted by molar-refractivity contribution is -0.122. The fourth-order valence-electron chi connectivity index (χ4n) is 3.79. The van der Waals surface area contributed by atoms with E-state index in [0.717, 1.165) is 32.5 Å². The summed E-state index contributed by atoms with van der Waals surface area (Å²) in [5, 5.41) is 6.98. The summed E-state index contributed by atoms with van der Waals surface area (Å²) in [5.74, 6) is -0.547. The van der Waals surface area contributed by atoms with E-state index >= 15 is 0 Å². The number of hydrogen-bond acceptors (Lipinski definition) is 4. The average Bonchev–Trinajstić information content (AvgIpc) is 3.08. The summed E-state index contributed by atoms with van der Waals surface area (Å²) in [6.45, 7) is 7.41. The number of benzene rings is 2. The molecule has 2 aromatic carbocycles. The second kappa shape index (κ2) is 8.82. The molecule has 166 valence electrons. The number of hydrogen-bond donors (Lipinski definition) is 1. The molecule has 8 nitrogen and oxygen atoms in total. The molecule has 0 fully saturated rings. The maximum atomic E-state index is 13.0. The van der Waals surface area contributed by atoms with Crippen molar-refractivity contribution in [1.82, 2.24) is 24.6 Å². The molecular formula is C24H27N5O3. The third kappa shape index (κ3) is 4.49. The van der Waals surface area contributed by atoms with Gasteiger partial charge in [0.15, 0.2) is 0 Å². The summed E-state index contributed by atoms with van der Waals surface area (Å²) in [6.07, 6.45) is 0. The minimum absolute atomic E-state index is 0.0814. The summed E-state index contributed by atoms with van der Waals surface area (Å²) in [6, 6.07) is 14.0. The van der Waals surface area contributed by atoms with Gasteiger partial charge in [-0.3, -0.25) is 14.2 Å². The van der Waals surface area contributed by atoms with E-state index in [-0.39, 0.29) is 24.2 Å². The summed E-state index contributed by atoms with van der Waals surface area (Å²) < 4.78 is 2.42. The molecule has 8 heteroatoms. The summed E-state index contributed by atoms with van der Waals surface area (Å²) in [7, 11) is 0. The van der Waals surface area contributed by atoms with Gasteiger partial charge < -0.3 is 10.2 Å². The van der Waals surface area contributed by atoms with Gasteiger partial charge in [-0.2, -0.15) is 0 Å². The molecule has 2 amide bonds.